The number of sulfone groups is 1. The van der Waals surface area contributed by atoms with Crippen LogP contribution in [0.4, 0.5) is 0 Å². The summed E-state index contributed by atoms with van der Waals surface area (Å²) in [5.74, 6) is -0.558. The molecule has 1 rings (SSSR count). The Bertz CT molecular complexity index is 465. The topological polar surface area (TPSA) is 83.6 Å². The van der Waals surface area contributed by atoms with Gasteiger partial charge in [-0.15, -0.1) is 0 Å². The highest BCUT2D eigenvalue weighted by atomic mass is 32.2. The molecule has 1 unspecified atom stereocenters. The van der Waals surface area contributed by atoms with Crippen LogP contribution in [0.5, 0.6) is 0 Å². The lowest BCUT2D eigenvalue weighted by Crippen LogP contribution is -2.59. The van der Waals surface area contributed by atoms with Crippen LogP contribution in [-0.2, 0) is 19.4 Å². The van der Waals surface area contributed by atoms with E-state index >= 15 is 0 Å². The molecule has 19 heavy (non-hydrogen) atoms. The molecule has 1 aliphatic rings. The number of hydrogen-bond donors (Lipinski definition) is 1. The number of amides is 2. The maximum absolute atomic E-state index is 12.0. The van der Waals surface area contributed by atoms with Gasteiger partial charge < -0.3 is 10.2 Å². The summed E-state index contributed by atoms with van der Waals surface area (Å²) in [6.07, 6.45) is 0.479. The summed E-state index contributed by atoms with van der Waals surface area (Å²) in [6, 6.07) is -0.559. The lowest BCUT2D eigenvalue weighted by Gasteiger charge is -2.34. The normalized spacial score (nSPS) is 21.5. The van der Waals surface area contributed by atoms with Crippen molar-refractivity contribution in [2.24, 2.45) is 0 Å². The molecule has 0 bridgehead atoms. The molecule has 2 amide bonds. The van der Waals surface area contributed by atoms with Crippen molar-refractivity contribution in [1.82, 2.24) is 10.2 Å². The number of nitrogens with one attached hydrogen (secondary N) is 1. The highest BCUT2D eigenvalue weighted by Gasteiger charge is 2.35. The van der Waals surface area contributed by atoms with E-state index in [1.807, 2.05) is 0 Å². The third-order valence-electron chi connectivity index (χ3n) is 3.33. The summed E-state index contributed by atoms with van der Waals surface area (Å²) in [5.41, 5.74) is 0. The zero-order valence-electron chi connectivity index (χ0n) is 11.9. The molecule has 6 nitrogen and oxygen atoms in total. The van der Waals surface area contributed by atoms with Crippen LogP contribution < -0.4 is 5.32 Å². The number of rotatable bonds is 4. The van der Waals surface area contributed by atoms with Crippen molar-refractivity contribution in [3.8, 4) is 0 Å². The van der Waals surface area contributed by atoms with Gasteiger partial charge in [-0.2, -0.15) is 0 Å². The molecule has 7 heteroatoms. The molecule has 0 spiro atoms. The highest BCUT2D eigenvalue weighted by Crippen LogP contribution is 2.17. The minimum absolute atomic E-state index is 0.0507. The fourth-order valence-corrected chi connectivity index (χ4v) is 2.96. The molecule has 1 atom stereocenters. The molecule has 1 N–H and O–H groups in total. The Morgan fingerprint density at radius 1 is 1.32 bits per heavy atom. The highest BCUT2D eigenvalue weighted by molar-refractivity contribution is 7.92. The van der Waals surface area contributed by atoms with Crippen molar-refractivity contribution >= 4 is 21.7 Å². The van der Waals surface area contributed by atoms with Crippen molar-refractivity contribution in [1.29, 1.82) is 0 Å². The van der Waals surface area contributed by atoms with Crippen LogP contribution in [0.15, 0.2) is 0 Å². The molecule has 1 fully saturated rings. The third-order valence-corrected chi connectivity index (χ3v) is 5.92. The van der Waals surface area contributed by atoms with Crippen LogP contribution in [0.3, 0.4) is 0 Å². The van der Waals surface area contributed by atoms with E-state index in [2.05, 4.69) is 5.32 Å². The summed E-state index contributed by atoms with van der Waals surface area (Å²) in [4.78, 5) is 24.8. The van der Waals surface area contributed by atoms with Crippen LogP contribution in [0.25, 0.3) is 0 Å². The molecule has 0 aromatic heterocycles. The summed E-state index contributed by atoms with van der Waals surface area (Å²) < 4.78 is 23.2. The Labute approximate surface area is 114 Å². The average Bonchev–Trinajstić information content (AvgIpc) is 2.28. The van der Waals surface area contributed by atoms with Crippen LogP contribution in [0.1, 0.15) is 34.1 Å². The molecule has 1 heterocycles. The summed E-state index contributed by atoms with van der Waals surface area (Å²) in [6.45, 7) is 6.71. The fourth-order valence-electron chi connectivity index (χ4n) is 1.91. The monoisotopic (exact) mass is 290 g/mol. The van der Waals surface area contributed by atoms with Gasteiger partial charge in [0.05, 0.1) is 17.0 Å². The molecular weight excluding hydrogens is 268 g/mol. The van der Waals surface area contributed by atoms with Crippen molar-refractivity contribution in [2.45, 2.75) is 44.9 Å². The number of carbonyl (C=O) groups excluding carboxylic acids is 2. The Morgan fingerprint density at radius 2 is 1.89 bits per heavy atom. The van der Waals surface area contributed by atoms with E-state index in [0.717, 1.165) is 0 Å². The zero-order valence-corrected chi connectivity index (χ0v) is 12.7. The molecule has 1 aliphatic heterocycles. The van der Waals surface area contributed by atoms with Gasteiger partial charge >= 0.3 is 0 Å². The smallest absolute Gasteiger partial charge is 0.243 e. The molecule has 0 saturated carbocycles. The van der Waals surface area contributed by atoms with Crippen LogP contribution in [-0.4, -0.2) is 54.8 Å². The van der Waals surface area contributed by atoms with Crippen molar-refractivity contribution < 1.29 is 18.0 Å². The van der Waals surface area contributed by atoms with Gasteiger partial charge in [0.25, 0.3) is 0 Å². The van der Waals surface area contributed by atoms with Gasteiger partial charge in [-0.1, -0.05) is 6.92 Å². The first-order valence-electron chi connectivity index (χ1n) is 6.39. The Morgan fingerprint density at radius 3 is 2.37 bits per heavy atom. The lowest BCUT2D eigenvalue weighted by atomic mass is 10.1. The quantitative estimate of drug-likeness (QED) is 0.786. The minimum atomic E-state index is -3.30. The van der Waals surface area contributed by atoms with Gasteiger partial charge in [0.2, 0.25) is 11.8 Å². The van der Waals surface area contributed by atoms with Gasteiger partial charge in [0, 0.05) is 6.54 Å². The molecule has 1 saturated heterocycles. The number of piperazine rings is 1. The van der Waals surface area contributed by atoms with E-state index in [9.17, 15) is 18.0 Å². The second-order valence-corrected chi connectivity index (χ2v) is 8.52. The van der Waals surface area contributed by atoms with E-state index in [1.165, 1.54) is 4.90 Å². The minimum Gasteiger partial charge on any atom is -0.345 e. The first kappa shape index (κ1) is 15.9. The standard InChI is InChI=1S/C12H22N2O4S/c1-5-9-11(16)13-8-10(15)14(9)6-7-19(17,18)12(2,3)4/h9H,5-8H2,1-4H3,(H,13,16). The molecule has 0 aromatic rings. The van der Waals surface area contributed by atoms with Gasteiger partial charge in [0.15, 0.2) is 9.84 Å². The van der Waals surface area contributed by atoms with E-state index in [1.54, 1.807) is 27.7 Å². The van der Waals surface area contributed by atoms with E-state index < -0.39 is 20.6 Å². The predicted octanol–water partition coefficient (Wildman–Crippen LogP) is -0.0633. The lowest BCUT2D eigenvalue weighted by molar-refractivity contribution is -0.145. The number of nitrogens with zero attached hydrogens (tertiary/aromatic N) is 1. The second-order valence-electron chi connectivity index (χ2n) is 5.66. The van der Waals surface area contributed by atoms with Gasteiger partial charge in [0.1, 0.15) is 6.04 Å². The third kappa shape index (κ3) is 3.46. The first-order valence-corrected chi connectivity index (χ1v) is 8.05. The van der Waals surface area contributed by atoms with Gasteiger partial charge in [-0.25, -0.2) is 8.42 Å². The van der Waals surface area contributed by atoms with Crippen molar-refractivity contribution in [3.63, 3.8) is 0 Å². The Kier molecular flexibility index (Phi) is 4.60. The van der Waals surface area contributed by atoms with Crippen LogP contribution in [0, 0.1) is 0 Å². The summed E-state index contributed by atoms with van der Waals surface area (Å²) in [5, 5.41) is 2.51. The molecule has 0 radical (unpaired) electrons. The van der Waals surface area contributed by atoms with Gasteiger partial charge in [-0.3, -0.25) is 9.59 Å². The average molecular weight is 290 g/mol. The predicted molar refractivity (Wildman–Crippen MR) is 72.3 cm³/mol. The van der Waals surface area contributed by atoms with E-state index in [4.69, 9.17) is 0 Å². The Balaban J connectivity index is 2.80. The maximum Gasteiger partial charge on any atom is 0.243 e. The van der Waals surface area contributed by atoms with Gasteiger partial charge in [-0.05, 0) is 27.2 Å². The van der Waals surface area contributed by atoms with Crippen molar-refractivity contribution in [2.75, 3.05) is 18.8 Å². The van der Waals surface area contributed by atoms with Crippen LogP contribution in [0.2, 0.25) is 0 Å². The summed E-state index contributed by atoms with van der Waals surface area (Å²) in [7, 11) is -3.30. The Hall–Kier alpha value is -1.11. The van der Waals surface area contributed by atoms with Crippen LogP contribution >= 0.6 is 0 Å². The molecule has 0 aliphatic carbocycles. The number of carbonyl (C=O) groups is 2. The fraction of sp³-hybridized carbons (Fsp3) is 0.833. The molecular formula is C12H22N2O4S. The number of hydrogen-bond acceptors (Lipinski definition) is 4. The maximum atomic E-state index is 12.0. The zero-order chi connectivity index (χ0) is 14.8. The SMILES string of the molecule is CCC1C(=O)NCC(=O)N1CCS(=O)(=O)C(C)(C)C. The van der Waals surface area contributed by atoms with E-state index in [-0.39, 0.29) is 30.7 Å². The molecule has 110 valence electrons. The molecule has 0 aromatic carbocycles. The van der Waals surface area contributed by atoms with Crippen molar-refractivity contribution in [3.05, 3.63) is 0 Å². The largest absolute Gasteiger partial charge is 0.345 e. The summed E-state index contributed by atoms with van der Waals surface area (Å²) >= 11 is 0. The van der Waals surface area contributed by atoms with E-state index in [0.29, 0.717) is 6.42 Å². The second kappa shape index (κ2) is 5.48. The first-order chi connectivity index (χ1) is 8.60.